The van der Waals surface area contributed by atoms with E-state index in [0.29, 0.717) is 12.5 Å². The van der Waals surface area contributed by atoms with Gasteiger partial charge in [0.2, 0.25) is 0 Å². The summed E-state index contributed by atoms with van der Waals surface area (Å²) < 4.78 is 0. The van der Waals surface area contributed by atoms with Gasteiger partial charge in [0.15, 0.2) is 0 Å². The van der Waals surface area contributed by atoms with E-state index in [9.17, 15) is 5.11 Å². The molecule has 1 rings (SSSR count). The summed E-state index contributed by atoms with van der Waals surface area (Å²) in [5, 5.41) is 12.8. The minimum absolute atomic E-state index is 0.218. The summed E-state index contributed by atoms with van der Waals surface area (Å²) in [6, 6.07) is 0. The van der Waals surface area contributed by atoms with Gasteiger partial charge in [-0.2, -0.15) is 0 Å². The lowest BCUT2D eigenvalue weighted by atomic mass is 10.0. The molecule has 0 saturated carbocycles. The van der Waals surface area contributed by atoms with Gasteiger partial charge in [0.25, 0.3) is 0 Å². The highest BCUT2D eigenvalue weighted by Gasteiger charge is 2.24. The molecule has 0 aromatic rings. The zero-order chi connectivity index (χ0) is 9.68. The van der Waals surface area contributed by atoms with Gasteiger partial charge in [-0.05, 0) is 31.3 Å². The summed E-state index contributed by atoms with van der Waals surface area (Å²) in [6.45, 7) is 5.12. The lowest BCUT2D eigenvalue weighted by molar-refractivity contribution is 0.128. The Kier molecular flexibility index (Phi) is 4.02. The monoisotopic (exact) mass is 184 g/mol. The maximum Gasteiger partial charge on any atom is 0.0552 e. The normalized spacial score (nSPS) is 25.5. The highest BCUT2D eigenvalue weighted by Crippen LogP contribution is 2.18. The first-order valence-corrected chi connectivity index (χ1v) is 4.65. The van der Waals surface area contributed by atoms with Gasteiger partial charge in [-0.25, -0.2) is 0 Å². The molecule has 0 radical (unpaired) electrons. The molecular weight excluding hydrogens is 168 g/mol. The van der Waals surface area contributed by atoms with Crippen LogP contribution >= 0.6 is 0 Å². The van der Waals surface area contributed by atoms with Gasteiger partial charge >= 0.3 is 0 Å². The largest absolute Gasteiger partial charge is 0.393 e. The van der Waals surface area contributed by atoms with Crippen molar-refractivity contribution in [3.63, 3.8) is 0 Å². The van der Waals surface area contributed by atoms with Crippen molar-refractivity contribution < 1.29 is 5.11 Å². The average molecular weight is 184 g/mol. The van der Waals surface area contributed by atoms with Crippen molar-refractivity contribution >= 4 is 0 Å². The first-order chi connectivity index (χ1) is 6.24. The van der Waals surface area contributed by atoms with Crippen LogP contribution in [0.2, 0.25) is 0 Å². The molecule has 13 heavy (non-hydrogen) atoms. The summed E-state index contributed by atoms with van der Waals surface area (Å²) >= 11 is 0. The molecule has 0 aromatic carbocycles. The van der Waals surface area contributed by atoms with Gasteiger partial charge < -0.3 is 10.0 Å². The standard InChI is InChI=1S/C8H16N4O/c1-7(13)8-2-4-12(6-8)5-3-10-11-9/h7-8,13H,2-6H2,1H3. The van der Waals surface area contributed by atoms with E-state index in [4.69, 9.17) is 5.53 Å². The fourth-order valence-corrected chi connectivity index (χ4v) is 1.69. The molecule has 74 valence electrons. The Morgan fingerprint density at radius 1 is 1.77 bits per heavy atom. The van der Waals surface area contributed by atoms with E-state index < -0.39 is 0 Å². The van der Waals surface area contributed by atoms with Crippen LogP contribution in [0.25, 0.3) is 10.4 Å². The molecule has 2 unspecified atom stereocenters. The molecule has 0 bridgehead atoms. The maximum atomic E-state index is 9.33. The van der Waals surface area contributed by atoms with Gasteiger partial charge in [-0.1, -0.05) is 5.11 Å². The number of aliphatic hydroxyl groups excluding tert-OH is 1. The Balaban J connectivity index is 2.21. The molecule has 1 heterocycles. The summed E-state index contributed by atoms with van der Waals surface area (Å²) in [5.41, 5.74) is 8.08. The van der Waals surface area contributed by atoms with E-state index in [-0.39, 0.29) is 6.10 Å². The molecule has 0 aromatic heterocycles. The highest BCUT2D eigenvalue weighted by molar-refractivity contribution is 4.78. The molecule has 2 atom stereocenters. The van der Waals surface area contributed by atoms with Gasteiger partial charge in [-0.3, -0.25) is 0 Å². The minimum atomic E-state index is -0.218. The van der Waals surface area contributed by atoms with E-state index in [0.717, 1.165) is 26.1 Å². The summed E-state index contributed by atoms with van der Waals surface area (Å²) in [4.78, 5) is 4.93. The molecule has 0 amide bonds. The predicted molar refractivity (Wildman–Crippen MR) is 50.2 cm³/mol. The molecule has 5 heteroatoms. The van der Waals surface area contributed by atoms with Crippen molar-refractivity contribution in [1.82, 2.24) is 4.90 Å². The van der Waals surface area contributed by atoms with Crippen molar-refractivity contribution in [3.8, 4) is 0 Å². The van der Waals surface area contributed by atoms with Gasteiger partial charge in [0, 0.05) is 24.5 Å². The molecule has 1 fully saturated rings. The smallest absolute Gasteiger partial charge is 0.0552 e. The predicted octanol–water partition coefficient (Wildman–Crippen LogP) is 0.999. The van der Waals surface area contributed by atoms with Crippen LogP contribution in [0.3, 0.4) is 0 Å². The van der Waals surface area contributed by atoms with Crippen molar-refractivity contribution in [2.45, 2.75) is 19.4 Å². The van der Waals surface area contributed by atoms with E-state index in [1.807, 2.05) is 6.92 Å². The van der Waals surface area contributed by atoms with Crippen molar-refractivity contribution in [2.24, 2.45) is 11.0 Å². The molecule has 1 aliphatic rings. The Hall–Kier alpha value is -0.770. The quantitative estimate of drug-likeness (QED) is 0.402. The van der Waals surface area contributed by atoms with Crippen LogP contribution in [-0.2, 0) is 0 Å². The first kappa shape index (κ1) is 10.3. The number of nitrogens with zero attached hydrogens (tertiary/aromatic N) is 4. The number of hydrogen-bond acceptors (Lipinski definition) is 3. The maximum absolute atomic E-state index is 9.33. The van der Waals surface area contributed by atoms with Crippen LogP contribution in [0, 0.1) is 5.92 Å². The molecule has 5 nitrogen and oxygen atoms in total. The number of likely N-dealkylation sites (tertiary alicyclic amines) is 1. The van der Waals surface area contributed by atoms with Crippen molar-refractivity contribution in [1.29, 1.82) is 0 Å². The van der Waals surface area contributed by atoms with Crippen LogP contribution in [-0.4, -0.2) is 42.3 Å². The van der Waals surface area contributed by atoms with Crippen LogP contribution in [0.5, 0.6) is 0 Å². The Labute approximate surface area is 78.0 Å². The number of hydrogen-bond donors (Lipinski definition) is 1. The van der Waals surface area contributed by atoms with Crippen molar-refractivity contribution in [2.75, 3.05) is 26.2 Å². The third kappa shape index (κ3) is 3.22. The fourth-order valence-electron chi connectivity index (χ4n) is 1.69. The lowest BCUT2D eigenvalue weighted by Crippen LogP contribution is -2.26. The van der Waals surface area contributed by atoms with Gasteiger partial charge in [0.05, 0.1) is 6.10 Å². The SMILES string of the molecule is CC(O)C1CCN(CCN=[N+]=[N-])C1. The molecule has 0 spiro atoms. The fraction of sp³-hybridized carbons (Fsp3) is 1.00. The van der Waals surface area contributed by atoms with E-state index in [2.05, 4.69) is 14.9 Å². The Morgan fingerprint density at radius 3 is 3.08 bits per heavy atom. The van der Waals surface area contributed by atoms with Gasteiger partial charge in [-0.15, -0.1) is 0 Å². The zero-order valence-corrected chi connectivity index (χ0v) is 7.93. The van der Waals surface area contributed by atoms with Crippen molar-refractivity contribution in [3.05, 3.63) is 10.4 Å². The topological polar surface area (TPSA) is 72.2 Å². The van der Waals surface area contributed by atoms with Crippen LogP contribution < -0.4 is 0 Å². The van der Waals surface area contributed by atoms with E-state index >= 15 is 0 Å². The number of azide groups is 1. The Bertz CT molecular complexity index is 200. The summed E-state index contributed by atoms with van der Waals surface area (Å²) in [7, 11) is 0. The van der Waals surface area contributed by atoms with Crippen LogP contribution in [0.15, 0.2) is 5.11 Å². The second kappa shape index (κ2) is 5.07. The zero-order valence-electron chi connectivity index (χ0n) is 7.93. The summed E-state index contributed by atoms with van der Waals surface area (Å²) in [6.07, 6.45) is 0.831. The molecule has 1 saturated heterocycles. The molecular formula is C8H16N4O. The number of rotatable bonds is 4. The average Bonchev–Trinajstić information content (AvgIpc) is 2.53. The molecule has 0 aliphatic carbocycles. The first-order valence-electron chi connectivity index (χ1n) is 4.65. The van der Waals surface area contributed by atoms with Crippen LogP contribution in [0.1, 0.15) is 13.3 Å². The second-order valence-electron chi connectivity index (χ2n) is 3.54. The summed E-state index contributed by atoms with van der Waals surface area (Å²) in [5.74, 6) is 0.395. The lowest BCUT2D eigenvalue weighted by Gasteiger charge is -2.15. The Morgan fingerprint density at radius 2 is 2.54 bits per heavy atom. The number of aliphatic hydroxyl groups is 1. The van der Waals surface area contributed by atoms with Crippen LogP contribution in [0.4, 0.5) is 0 Å². The molecule has 1 N–H and O–H groups in total. The third-order valence-electron chi connectivity index (χ3n) is 2.57. The van der Waals surface area contributed by atoms with E-state index in [1.54, 1.807) is 0 Å². The third-order valence-corrected chi connectivity index (χ3v) is 2.57. The second-order valence-corrected chi connectivity index (χ2v) is 3.54. The van der Waals surface area contributed by atoms with Gasteiger partial charge in [0.1, 0.15) is 0 Å². The highest BCUT2D eigenvalue weighted by atomic mass is 16.3. The molecule has 1 aliphatic heterocycles. The van der Waals surface area contributed by atoms with E-state index in [1.165, 1.54) is 0 Å². The minimum Gasteiger partial charge on any atom is -0.393 e.